The maximum atomic E-state index is 13.6. The zero-order chi connectivity index (χ0) is 16.1. The van der Waals surface area contributed by atoms with E-state index < -0.39 is 17.7 Å². The highest BCUT2D eigenvalue weighted by molar-refractivity contribution is 5.80. The predicted octanol–water partition coefficient (Wildman–Crippen LogP) is 2.76. The summed E-state index contributed by atoms with van der Waals surface area (Å²) >= 11 is 0. The van der Waals surface area contributed by atoms with Crippen LogP contribution in [0.3, 0.4) is 0 Å². The molecule has 0 bridgehead atoms. The Labute approximate surface area is 129 Å². The Balaban J connectivity index is 1.85. The van der Waals surface area contributed by atoms with Gasteiger partial charge < -0.3 is 14.4 Å². The van der Waals surface area contributed by atoms with Gasteiger partial charge in [-0.1, -0.05) is 0 Å². The van der Waals surface area contributed by atoms with Crippen LogP contribution in [0.1, 0.15) is 26.7 Å². The molecule has 1 aromatic carbocycles. The molecule has 0 unspecified atom stereocenters. The number of hydrogen-bond acceptors (Lipinski definition) is 3. The molecule has 22 heavy (non-hydrogen) atoms. The molecule has 1 heterocycles. The molecule has 0 spiro atoms. The van der Waals surface area contributed by atoms with Crippen molar-refractivity contribution in [2.24, 2.45) is 0 Å². The van der Waals surface area contributed by atoms with E-state index in [4.69, 9.17) is 9.47 Å². The Morgan fingerprint density at radius 3 is 2.64 bits per heavy atom. The van der Waals surface area contributed by atoms with Crippen molar-refractivity contribution in [2.45, 2.75) is 38.9 Å². The van der Waals surface area contributed by atoms with Crippen molar-refractivity contribution in [1.29, 1.82) is 0 Å². The number of nitrogens with zero attached hydrogens (tertiary/aromatic N) is 1. The summed E-state index contributed by atoms with van der Waals surface area (Å²) in [5.41, 5.74) is 0. The first-order chi connectivity index (χ1) is 10.5. The molecule has 0 aromatic heterocycles. The summed E-state index contributed by atoms with van der Waals surface area (Å²) in [6.07, 6.45) is 0.603. The molecule has 1 aliphatic heterocycles. The number of likely N-dealkylation sites (tertiary alicyclic amines) is 1. The largest absolute Gasteiger partial charge is 0.487 e. The van der Waals surface area contributed by atoms with E-state index in [1.54, 1.807) is 11.8 Å². The van der Waals surface area contributed by atoms with Crippen LogP contribution >= 0.6 is 0 Å². The molecule has 1 aromatic rings. The summed E-state index contributed by atoms with van der Waals surface area (Å²) < 4.78 is 37.3. The van der Waals surface area contributed by atoms with Gasteiger partial charge in [0.05, 0.1) is 0 Å². The Morgan fingerprint density at radius 1 is 1.36 bits per heavy atom. The second-order valence-corrected chi connectivity index (χ2v) is 5.31. The monoisotopic (exact) mass is 313 g/mol. The molecule has 1 aliphatic rings. The van der Waals surface area contributed by atoms with Gasteiger partial charge in [-0.25, -0.2) is 8.78 Å². The highest BCUT2D eigenvalue weighted by Crippen LogP contribution is 2.23. The summed E-state index contributed by atoms with van der Waals surface area (Å²) in [6.45, 7) is 5.17. The summed E-state index contributed by atoms with van der Waals surface area (Å²) in [4.78, 5) is 13.8. The van der Waals surface area contributed by atoms with Gasteiger partial charge in [-0.05, 0) is 26.0 Å². The van der Waals surface area contributed by atoms with Crippen molar-refractivity contribution in [2.75, 3.05) is 19.7 Å². The number of hydrogen-bond donors (Lipinski definition) is 0. The van der Waals surface area contributed by atoms with Crippen molar-refractivity contribution in [3.8, 4) is 5.75 Å². The Kier molecular flexibility index (Phi) is 5.71. The van der Waals surface area contributed by atoms with Gasteiger partial charge in [0.25, 0.3) is 5.91 Å². The van der Waals surface area contributed by atoms with E-state index in [1.807, 2.05) is 6.92 Å². The molecule has 1 amide bonds. The molecule has 0 aliphatic carbocycles. The molecule has 1 atom stereocenters. The van der Waals surface area contributed by atoms with Crippen LogP contribution < -0.4 is 4.74 Å². The van der Waals surface area contributed by atoms with Crippen molar-refractivity contribution >= 4 is 5.91 Å². The van der Waals surface area contributed by atoms with Crippen LogP contribution in [-0.2, 0) is 9.53 Å². The molecule has 0 radical (unpaired) electrons. The number of halogens is 2. The average molecular weight is 313 g/mol. The minimum atomic E-state index is -0.705. The number of piperidine rings is 1. The minimum absolute atomic E-state index is 0.0340. The molecule has 6 heteroatoms. The molecular formula is C16H21F2NO3. The zero-order valence-corrected chi connectivity index (χ0v) is 12.9. The van der Waals surface area contributed by atoms with Gasteiger partial charge in [0.1, 0.15) is 18.0 Å². The van der Waals surface area contributed by atoms with Gasteiger partial charge in [0, 0.05) is 38.6 Å². The molecule has 1 saturated heterocycles. The lowest BCUT2D eigenvalue weighted by atomic mass is 10.1. The topological polar surface area (TPSA) is 38.8 Å². The van der Waals surface area contributed by atoms with Gasteiger partial charge in [-0.3, -0.25) is 4.79 Å². The van der Waals surface area contributed by atoms with E-state index in [-0.39, 0.29) is 17.8 Å². The third kappa shape index (κ3) is 4.16. The van der Waals surface area contributed by atoms with Gasteiger partial charge in [-0.2, -0.15) is 0 Å². The van der Waals surface area contributed by atoms with Crippen molar-refractivity contribution in [3.05, 3.63) is 29.8 Å². The molecule has 0 N–H and O–H groups in total. The van der Waals surface area contributed by atoms with Crippen LogP contribution in [0.4, 0.5) is 8.78 Å². The normalized spacial score (nSPS) is 17.4. The fourth-order valence-electron chi connectivity index (χ4n) is 2.52. The van der Waals surface area contributed by atoms with Crippen molar-refractivity contribution in [3.63, 3.8) is 0 Å². The number of benzene rings is 1. The van der Waals surface area contributed by atoms with Crippen molar-refractivity contribution < 1.29 is 23.0 Å². The maximum Gasteiger partial charge on any atom is 0.251 e. The second-order valence-electron chi connectivity index (χ2n) is 5.31. The van der Waals surface area contributed by atoms with Gasteiger partial charge in [0.2, 0.25) is 0 Å². The lowest BCUT2D eigenvalue weighted by molar-refractivity contribution is -0.144. The molecule has 2 rings (SSSR count). The summed E-state index contributed by atoms with van der Waals surface area (Å²) in [5.74, 6) is -1.32. The number of carbonyl (C=O) groups excluding carboxylic acids is 1. The lowest BCUT2D eigenvalue weighted by Gasteiger charge is -2.33. The van der Waals surface area contributed by atoms with Gasteiger partial charge in [-0.15, -0.1) is 0 Å². The number of rotatable bonds is 5. The van der Waals surface area contributed by atoms with E-state index in [9.17, 15) is 13.6 Å². The van der Waals surface area contributed by atoms with E-state index in [1.165, 1.54) is 12.1 Å². The van der Waals surface area contributed by atoms with E-state index in [0.717, 1.165) is 6.07 Å². The first kappa shape index (κ1) is 16.7. The fourth-order valence-corrected chi connectivity index (χ4v) is 2.52. The fraction of sp³-hybridized carbons (Fsp3) is 0.562. The molecular weight excluding hydrogens is 292 g/mol. The van der Waals surface area contributed by atoms with Crippen molar-refractivity contribution in [1.82, 2.24) is 4.90 Å². The molecule has 4 nitrogen and oxygen atoms in total. The summed E-state index contributed by atoms with van der Waals surface area (Å²) in [7, 11) is 0. The van der Waals surface area contributed by atoms with E-state index in [2.05, 4.69) is 0 Å². The minimum Gasteiger partial charge on any atom is -0.487 e. The first-order valence-electron chi connectivity index (χ1n) is 7.53. The van der Waals surface area contributed by atoms with Crippen LogP contribution in [0.5, 0.6) is 5.75 Å². The molecule has 0 saturated carbocycles. The van der Waals surface area contributed by atoms with E-state index in [0.29, 0.717) is 32.5 Å². The van der Waals surface area contributed by atoms with Crippen LogP contribution in [0.25, 0.3) is 0 Å². The van der Waals surface area contributed by atoms with E-state index >= 15 is 0 Å². The van der Waals surface area contributed by atoms with Crippen LogP contribution in [0.15, 0.2) is 18.2 Å². The summed E-state index contributed by atoms with van der Waals surface area (Å²) in [5, 5.41) is 0. The van der Waals surface area contributed by atoms with Gasteiger partial charge in [0.15, 0.2) is 11.6 Å². The highest BCUT2D eigenvalue weighted by Gasteiger charge is 2.27. The predicted molar refractivity (Wildman–Crippen MR) is 77.7 cm³/mol. The standard InChI is InChI=1S/C16H21F2NO3/c1-3-21-11(2)16(20)19-8-6-13(7-9-19)22-15-5-4-12(17)10-14(15)18/h4-5,10-11,13H,3,6-9H2,1-2H3/t11-/m0/s1. The third-order valence-electron chi connectivity index (χ3n) is 3.71. The average Bonchev–Trinajstić information content (AvgIpc) is 2.50. The Hall–Kier alpha value is -1.69. The number of ether oxygens (including phenoxy) is 2. The van der Waals surface area contributed by atoms with Crippen LogP contribution in [-0.4, -0.2) is 42.7 Å². The first-order valence-corrected chi connectivity index (χ1v) is 7.53. The smallest absolute Gasteiger partial charge is 0.251 e. The molecule has 1 fully saturated rings. The second kappa shape index (κ2) is 7.54. The SMILES string of the molecule is CCO[C@@H](C)C(=O)N1CCC(Oc2ccc(F)cc2F)CC1. The summed E-state index contributed by atoms with van der Waals surface area (Å²) in [6, 6.07) is 3.26. The Bertz CT molecular complexity index is 516. The quantitative estimate of drug-likeness (QED) is 0.839. The van der Waals surface area contributed by atoms with Crippen LogP contribution in [0.2, 0.25) is 0 Å². The third-order valence-corrected chi connectivity index (χ3v) is 3.71. The zero-order valence-electron chi connectivity index (χ0n) is 12.9. The highest BCUT2D eigenvalue weighted by atomic mass is 19.1. The molecule has 122 valence electrons. The lowest BCUT2D eigenvalue weighted by Crippen LogP contribution is -2.46. The van der Waals surface area contributed by atoms with Gasteiger partial charge >= 0.3 is 0 Å². The van der Waals surface area contributed by atoms with Crippen LogP contribution in [0, 0.1) is 11.6 Å². The number of carbonyl (C=O) groups is 1. The Morgan fingerprint density at radius 2 is 2.05 bits per heavy atom. The number of amides is 1. The maximum absolute atomic E-state index is 13.6.